The Morgan fingerprint density at radius 1 is 1.38 bits per heavy atom. The molecule has 0 aromatic rings. The Morgan fingerprint density at radius 2 is 2.08 bits per heavy atom. The summed E-state index contributed by atoms with van der Waals surface area (Å²) in [7, 11) is 1.94. The molecule has 3 nitrogen and oxygen atoms in total. The SMILES string of the molecule is CC1CCNC1C(=O)N(C)C1CC1. The van der Waals surface area contributed by atoms with Gasteiger partial charge in [0, 0.05) is 13.1 Å². The van der Waals surface area contributed by atoms with Crippen LogP contribution >= 0.6 is 0 Å². The highest BCUT2D eigenvalue weighted by molar-refractivity contribution is 5.82. The summed E-state index contributed by atoms with van der Waals surface area (Å²) in [5.74, 6) is 0.807. The van der Waals surface area contributed by atoms with Crippen LogP contribution in [0, 0.1) is 5.92 Å². The van der Waals surface area contributed by atoms with Gasteiger partial charge in [0.15, 0.2) is 0 Å². The van der Waals surface area contributed by atoms with Crippen LogP contribution in [0.2, 0.25) is 0 Å². The zero-order valence-corrected chi connectivity index (χ0v) is 8.42. The molecule has 2 fully saturated rings. The van der Waals surface area contributed by atoms with Crippen LogP contribution in [0.5, 0.6) is 0 Å². The number of amides is 1. The van der Waals surface area contributed by atoms with Crippen LogP contribution in [0.25, 0.3) is 0 Å². The van der Waals surface area contributed by atoms with Crippen LogP contribution in [0.1, 0.15) is 26.2 Å². The molecule has 1 saturated carbocycles. The summed E-state index contributed by atoms with van der Waals surface area (Å²) in [6.07, 6.45) is 3.53. The fraction of sp³-hybridized carbons (Fsp3) is 0.900. The number of hydrogen-bond donors (Lipinski definition) is 1. The maximum Gasteiger partial charge on any atom is 0.239 e. The Labute approximate surface area is 79.5 Å². The largest absolute Gasteiger partial charge is 0.341 e. The van der Waals surface area contributed by atoms with E-state index < -0.39 is 0 Å². The maximum atomic E-state index is 11.9. The molecule has 0 aromatic carbocycles. The number of rotatable bonds is 2. The highest BCUT2D eigenvalue weighted by Crippen LogP contribution is 2.27. The van der Waals surface area contributed by atoms with E-state index in [4.69, 9.17) is 0 Å². The molecule has 2 atom stereocenters. The first-order chi connectivity index (χ1) is 6.20. The lowest BCUT2D eigenvalue weighted by molar-refractivity contribution is -0.133. The molecular weight excluding hydrogens is 164 g/mol. The van der Waals surface area contributed by atoms with Gasteiger partial charge in [0.2, 0.25) is 5.91 Å². The van der Waals surface area contributed by atoms with Gasteiger partial charge in [-0.3, -0.25) is 4.79 Å². The summed E-state index contributed by atoms with van der Waals surface area (Å²) < 4.78 is 0. The van der Waals surface area contributed by atoms with Crippen molar-refractivity contribution in [1.29, 1.82) is 0 Å². The van der Waals surface area contributed by atoms with E-state index in [1.54, 1.807) is 0 Å². The molecule has 2 rings (SSSR count). The number of nitrogens with zero attached hydrogens (tertiary/aromatic N) is 1. The summed E-state index contributed by atoms with van der Waals surface area (Å²) in [6.45, 7) is 3.15. The molecule has 1 aliphatic heterocycles. The third-order valence-electron chi connectivity index (χ3n) is 3.24. The fourth-order valence-corrected chi connectivity index (χ4v) is 2.03. The smallest absolute Gasteiger partial charge is 0.239 e. The third kappa shape index (κ3) is 1.70. The summed E-state index contributed by atoms with van der Waals surface area (Å²) >= 11 is 0. The van der Waals surface area contributed by atoms with E-state index >= 15 is 0 Å². The highest BCUT2D eigenvalue weighted by atomic mass is 16.2. The first kappa shape index (κ1) is 9.00. The second-order valence-electron chi connectivity index (χ2n) is 4.38. The lowest BCUT2D eigenvalue weighted by Crippen LogP contribution is -2.45. The van der Waals surface area contributed by atoms with Gasteiger partial charge in [0.05, 0.1) is 6.04 Å². The molecule has 1 heterocycles. The summed E-state index contributed by atoms with van der Waals surface area (Å²) in [4.78, 5) is 13.8. The Hall–Kier alpha value is -0.570. The Balaban J connectivity index is 1.94. The predicted molar refractivity (Wildman–Crippen MR) is 51.4 cm³/mol. The van der Waals surface area contributed by atoms with Crippen molar-refractivity contribution in [3.63, 3.8) is 0 Å². The Morgan fingerprint density at radius 3 is 2.54 bits per heavy atom. The molecule has 1 amide bonds. The van der Waals surface area contributed by atoms with Crippen LogP contribution in [0.15, 0.2) is 0 Å². The minimum Gasteiger partial charge on any atom is -0.341 e. The van der Waals surface area contributed by atoms with Crippen LogP contribution in [-0.2, 0) is 4.79 Å². The minimum atomic E-state index is 0.0885. The highest BCUT2D eigenvalue weighted by Gasteiger charge is 2.36. The molecule has 0 radical (unpaired) electrons. The molecule has 3 heteroatoms. The molecule has 2 unspecified atom stereocenters. The van der Waals surface area contributed by atoms with Gasteiger partial charge < -0.3 is 10.2 Å². The minimum absolute atomic E-state index is 0.0885. The van der Waals surface area contributed by atoms with Crippen LogP contribution in [0.4, 0.5) is 0 Å². The first-order valence-electron chi connectivity index (χ1n) is 5.20. The number of likely N-dealkylation sites (N-methyl/N-ethyl adjacent to an activating group) is 1. The average Bonchev–Trinajstić information content (AvgIpc) is 2.87. The van der Waals surface area contributed by atoms with E-state index in [0.29, 0.717) is 17.9 Å². The summed E-state index contributed by atoms with van der Waals surface area (Å²) in [6, 6.07) is 0.632. The van der Waals surface area contributed by atoms with Gasteiger partial charge in [-0.25, -0.2) is 0 Å². The second-order valence-corrected chi connectivity index (χ2v) is 4.38. The quantitative estimate of drug-likeness (QED) is 0.678. The summed E-state index contributed by atoms with van der Waals surface area (Å²) in [5.41, 5.74) is 0. The number of carbonyl (C=O) groups excluding carboxylic acids is 1. The van der Waals surface area contributed by atoms with Gasteiger partial charge in [0.25, 0.3) is 0 Å². The number of carbonyl (C=O) groups is 1. The Bertz CT molecular complexity index is 213. The standard InChI is InChI=1S/C10H18N2O/c1-7-5-6-11-9(7)10(13)12(2)8-3-4-8/h7-9,11H,3-6H2,1-2H3. The van der Waals surface area contributed by atoms with Gasteiger partial charge in [-0.2, -0.15) is 0 Å². The van der Waals surface area contributed by atoms with Gasteiger partial charge in [-0.15, -0.1) is 0 Å². The van der Waals surface area contributed by atoms with Crippen molar-refractivity contribution in [3.8, 4) is 0 Å². The maximum absolute atomic E-state index is 11.9. The van der Waals surface area contributed by atoms with Crippen molar-refractivity contribution in [2.24, 2.45) is 5.92 Å². The van der Waals surface area contributed by atoms with E-state index in [2.05, 4.69) is 12.2 Å². The molecule has 0 aromatic heterocycles. The molecule has 74 valence electrons. The van der Waals surface area contributed by atoms with Crippen LogP contribution in [0.3, 0.4) is 0 Å². The van der Waals surface area contributed by atoms with Gasteiger partial charge in [-0.1, -0.05) is 6.92 Å². The zero-order valence-electron chi connectivity index (χ0n) is 8.42. The third-order valence-corrected chi connectivity index (χ3v) is 3.24. The van der Waals surface area contributed by atoms with Crippen LogP contribution in [-0.4, -0.2) is 36.5 Å². The number of nitrogens with one attached hydrogen (secondary N) is 1. The molecular formula is C10H18N2O. The Kier molecular flexibility index (Phi) is 2.28. The number of hydrogen-bond acceptors (Lipinski definition) is 2. The molecule has 0 bridgehead atoms. The molecule has 13 heavy (non-hydrogen) atoms. The molecule has 1 saturated heterocycles. The van der Waals surface area contributed by atoms with Crippen molar-refractivity contribution in [2.45, 2.75) is 38.3 Å². The fourth-order valence-electron chi connectivity index (χ4n) is 2.03. The monoisotopic (exact) mass is 182 g/mol. The van der Waals surface area contributed by atoms with Crippen LogP contribution < -0.4 is 5.32 Å². The van der Waals surface area contributed by atoms with Crippen molar-refractivity contribution in [2.75, 3.05) is 13.6 Å². The zero-order chi connectivity index (χ0) is 9.42. The molecule has 1 aliphatic carbocycles. The van der Waals surface area contributed by atoms with Crippen molar-refractivity contribution < 1.29 is 4.79 Å². The lowest BCUT2D eigenvalue weighted by Gasteiger charge is -2.23. The molecule has 1 N–H and O–H groups in total. The second kappa shape index (κ2) is 3.29. The summed E-state index contributed by atoms with van der Waals surface area (Å²) in [5, 5.41) is 3.28. The lowest BCUT2D eigenvalue weighted by atomic mass is 10.0. The van der Waals surface area contributed by atoms with E-state index in [0.717, 1.165) is 13.0 Å². The van der Waals surface area contributed by atoms with Gasteiger partial charge in [-0.05, 0) is 31.7 Å². The average molecular weight is 182 g/mol. The van der Waals surface area contributed by atoms with E-state index in [1.807, 2.05) is 11.9 Å². The van der Waals surface area contributed by atoms with E-state index in [-0.39, 0.29) is 6.04 Å². The van der Waals surface area contributed by atoms with Crippen molar-refractivity contribution in [1.82, 2.24) is 10.2 Å². The topological polar surface area (TPSA) is 32.3 Å². The molecule has 0 spiro atoms. The van der Waals surface area contributed by atoms with Crippen molar-refractivity contribution in [3.05, 3.63) is 0 Å². The normalized spacial score (nSPS) is 33.4. The van der Waals surface area contributed by atoms with Gasteiger partial charge in [0.1, 0.15) is 0 Å². The van der Waals surface area contributed by atoms with Gasteiger partial charge >= 0.3 is 0 Å². The first-order valence-corrected chi connectivity index (χ1v) is 5.20. The van der Waals surface area contributed by atoms with E-state index in [1.165, 1.54) is 12.8 Å². The molecule has 2 aliphatic rings. The predicted octanol–water partition coefficient (Wildman–Crippen LogP) is 0.605. The van der Waals surface area contributed by atoms with E-state index in [9.17, 15) is 4.79 Å². The van der Waals surface area contributed by atoms with Crippen molar-refractivity contribution >= 4 is 5.91 Å².